The number of anilines is 3. The van der Waals surface area contributed by atoms with E-state index in [1.54, 1.807) is 13.3 Å². The Morgan fingerprint density at radius 3 is 2.54 bits per heavy atom. The van der Waals surface area contributed by atoms with E-state index >= 15 is 0 Å². The molecule has 0 amide bonds. The Morgan fingerprint density at radius 2 is 1.77 bits per heavy atom. The molecule has 1 aliphatic heterocycles. The number of aromatic nitrogens is 4. The Kier molecular flexibility index (Phi) is 7.23. The van der Waals surface area contributed by atoms with Crippen molar-refractivity contribution >= 4 is 23.4 Å². The summed E-state index contributed by atoms with van der Waals surface area (Å²) >= 11 is 0. The first-order valence-electron chi connectivity index (χ1n) is 13.5. The number of carbonyl (C=O) groups excluding carboxylic acids is 1. The van der Waals surface area contributed by atoms with Gasteiger partial charge in [-0.1, -0.05) is 36.4 Å². The van der Waals surface area contributed by atoms with Crippen molar-refractivity contribution in [3.05, 3.63) is 89.2 Å². The van der Waals surface area contributed by atoms with Gasteiger partial charge in [0.2, 0.25) is 5.95 Å². The largest absolute Gasteiger partial charge is 0.496 e. The number of hydrogen-bond acceptors (Lipinski definition) is 8. The van der Waals surface area contributed by atoms with Crippen LogP contribution in [-0.4, -0.2) is 64.1 Å². The number of H-pyrrole nitrogens is 1. The minimum Gasteiger partial charge on any atom is -0.496 e. The fourth-order valence-electron chi connectivity index (χ4n) is 4.99. The van der Waals surface area contributed by atoms with Crippen LogP contribution in [0.25, 0.3) is 0 Å². The summed E-state index contributed by atoms with van der Waals surface area (Å²) in [5.74, 6) is 3.59. The lowest BCUT2D eigenvalue weighted by atomic mass is 10.0. The average Bonchev–Trinajstić information content (AvgIpc) is 3.73. The molecule has 6 rings (SSSR count). The van der Waals surface area contributed by atoms with Crippen LogP contribution in [0.15, 0.2) is 66.9 Å². The minimum absolute atomic E-state index is 0.0604. The zero-order chi connectivity index (χ0) is 26.6. The molecule has 3 heterocycles. The third-order valence-electron chi connectivity index (χ3n) is 7.37. The summed E-state index contributed by atoms with van der Waals surface area (Å²) in [5, 5.41) is 10.8. The van der Waals surface area contributed by atoms with Gasteiger partial charge in [0, 0.05) is 63.0 Å². The van der Waals surface area contributed by atoms with Crippen LogP contribution in [-0.2, 0) is 13.0 Å². The summed E-state index contributed by atoms with van der Waals surface area (Å²) in [7, 11) is 1.59. The van der Waals surface area contributed by atoms with Crippen molar-refractivity contribution in [2.24, 2.45) is 0 Å². The van der Waals surface area contributed by atoms with E-state index in [9.17, 15) is 4.79 Å². The molecular weight excluding hydrogens is 490 g/mol. The van der Waals surface area contributed by atoms with E-state index in [0.717, 1.165) is 55.9 Å². The van der Waals surface area contributed by atoms with Gasteiger partial charge >= 0.3 is 0 Å². The molecule has 1 saturated carbocycles. The number of ether oxygens (including phenoxy) is 1. The van der Waals surface area contributed by atoms with Crippen molar-refractivity contribution in [3.63, 3.8) is 0 Å². The lowest BCUT2D eigenvalue weighted by Gasteiger charge is -2.34. The predicted molar refractivity (Wildman–Crippen MR) is 151 cm³/mol. The second-order valence-electron chi connectivity index (χ2n) is 10.2. The smallest absolute Gasteiger partial charge is 0.227 e. The number of aromatic amines is 1. The van der Waals surface area contributed by atoms with Crippen LogP contribution < -0.4 is 15.0 Å². The molecule has 0 unspecified atom stereocenters. The van der Waals surface area contributed by atoms with Crippen molar-refractivity contribution in [1.82, 2.24) is 25.1 Å². The molecule has 0 bridgehead atoms. The molecule has 2 N–H and O–H groups in total. The summed E-state index contributed by atoms with van der Waals surface area (Å²) < 4.78 is 5.34. The van der Waals surface area contributed by atoms with Crippen LogP contribution in [0.1, 0.15) is 45.9 Å². The number of carbonyl (C=O) groups is 1. The molecule has 2 aromatic heterocycles. The summed E-state index contributed by atoms with van der Waals surface area (Å²) in [4.78, 5) is 26.7. The Labute approximate surface area is 228 Å². The number of ketones is 1. The average molecular weight is 524 g/mol. The number of Topliss-reactive ketones (excluding diaryl/α,β-unsaturated/α-hetero) is 1. The van der Waals surface area contributed by atoms with E-state index in [-0.39, 0.29) is 5.78 Å². The van der Waals surface area contributed by atoms with Gasteiger partial charge in [0.25, 0.3) is 0 Å². The van der Waals surface area contributed by atoms with Crippen molar-refractivity contribution < 1.29 is 9.53 Å². The molecule has 9 nitrogen and oxygen atoms in total. The van der Waals surface area contributed by atoms with E-state index in [1.165, 1.54) is 24.1 Å². The first kappa shape index (κ1) is 25.1. The molecule has 9 heteroatoms. The number of methoxy groups -OCH3 is 1. The summed E-state index contributed by atoms with van der Waals surface area (Å²) in [6.07, 6.45) is 4.63. The normalized spacial score (nSPS) is 15.8. The molecule has 4 aromatic rings. The predicted octanol–water partition coefficient (Wildman–Crippen LogP) is 4.58. The Morgan fingerprint density at radius 1 is 1.00 bits per heavy atom. The fourth-order valence-corrected chi connectivity index (χ4v) is 4.99. The molecule has 200 valence electrons. The highest BCUT2D eigenvalue weighted by Gasteiger charge is 2.25. The van der Waals surface area contributed by atoms with Crippen LogP contribution in [0.3, 0.4) is 0 Å². The number of hydrogen-bond donors (Lipinski definition) is 2. The van der Waals surface area contributed by atoms with E-state index in [0.29, 0.717) is 23.7 Å². The third-order valence-corrected chi connectivity index (χ3v) is 7.37. The van der Waals surface area contributed by atoms with Gasteiger partial charge < -0.3 is 15.0 Å². The van der Waals surface area contributed by atoms with Gasteiger partial charge in [-0.25, -0.2) is 4.98 Å². The van der Waals surface area contributed by atoms with Crippen LogP contribution in [0.5, 0.6) is 5.75 Å². The molecule has 1 aliphatic carbocycles. The first-order chi connectivity index (χ1) is 19.1. The van der Waals surface area contributed by atoms with Gasteiger partial charge in [0.05, 0.1) is 12.7 Å². The van der Waals surface area contributed by atoms with Crippen molar-refractivity contribution in [2.45, 2.75) is 31.7 Å². The molecule has 0 spiro atoms. The zero-order valence-corrected chi connectivity index (χ0v) is 22.1. The van der Waals surface area contributed by atoms with E-state index in [1.807, 2.05) is 30.3 Å². The second kappa shape index (κ2) is 11.2. The summed E-state index contributed by atoms with van der Waals surface area (Å²) in [6, 6.07) is 19.7. The maximum Gasteiger partial charge on any atom is 0.227 e. The number of para-hydroxylation sites is 1. The molecule has 2 aliphatic rings. The van der Waals surface area contributed by atoms with Crippen LogP contribution in [0.2, 0.25) is 0 Å². The lowest BCUT2D eigenvalue weighted by molar-refractivity contribution is 0.0990. The van der Waals surface area contributed by atoms with E-state index in [2.05, 4.69) is 60.6 Å². The topological polar surface area (TPSA) is 99.3 Å². The van der Waals surface area contributed by atoms with Crippen LogP contribution in [0, 0.1) is 0 Å². The fraction of sp³-hybridized carbons (Fsp3) is 0.333. The molecule has 39 heavy (non-hydrogen) atoms. The second-order valence-corrected chi connectivity index (χ2v) is 10.2. The summed E-state index contributed by atoms with van der Waals surface area (Å²) in [5.41, 5.74) is 4.06. The quantitative estimate of drug-likeness (QED) is 0.292. The molecule has 0 atom stereocenters. The van der Waals surface area contributed by atoms with Gasteiger partial charge in [-0.2, -0.15) is 10.1 Å². The van der Waals surface area contributed by atoms with Gasteiger partial charge in [0.1, 0.15) is 11.6 Å². The molecule has 0 radical (unpaired) electrons. The number of rotatable bonds is 10. The molecule has 2 fully saturated rings. The molecular formula is C30H33N7O2. The Bertz CT molecular complexity index is 1420. The standard InChI is InChI=1S/C30H33N7O2/c1-39-27-5-3-2-4-24(27)26(38)18-21-6-8-22(9-7-21)20-36-14-16-37(17-15-36)30-31-13-12-28(33-30)32-29-19-25(34-35-29)23-10-11-23/h2-9,12-13,19,23H,10-11,14-18,20H2,1H3,(H2,31,32,33,34,35). The van der Waals surface area contributed by atoms with Crippen molar-refractivity contribution in [1.29, 1.82) is 0 Å². The van der Waals surface area contributed by atoms with Gasteiger partial charge in [-0.3, -0.25) is 14.8 Å². The number of piperazine rings is 1. The Balaban J connectivity index is 0.998. The molecule has 1 saturated heterocycles. The highest BCUT2D eigenvalue weighted by atomic mass is 16.5. The van der Waals surface area contributed by atoms with Crippen molar-refractivity contribution in [2.75, 3.05) is 43.5 Å². The number of benzene rings is 2. The van der Waals surface area contributed by atoms with E-state index in [4.69, 9.17) is 9.72 Å². The SMILES string of the molecule is COc1ccccc1C(=O)Cc1ccc(CN2CCN(c3nccc(Nc4cc(C5CC5)[nH]n4)n3)CC2)cc1. The van der Waals surface area contributed by atoms with Crippen molar-refractivity contribution in [3.8, 4) is 5.75 Å². The van der Waals surface area contributed by atoms with Gasteiger partial charge in [-0.05, 0) is 42.2 Å². The van der Waals surface area contributed by atoms with Gasteiger partial charge in [-0.15, -0.1) is 0 Å². The highest BCUT2D eigenvalue weighted by molar-refractivity contribution is 5.99. The maximum absolute atomic E-state index is 12.8. The third kappa shape index (κ3) is 6.09. The van der Waals surface area contributed by atoms with Gasteiger partial charge in [0.15, 0.2) is 11.6 Å². The summed E-state index contributed by atoms with van der Waals surface area (Å²) in [6.45, 7) is 4.46. The Hall–Kier alpha value is -4.24. The molecule has 2 aromatic carbocycles. The number of nitrogens with one attached hydrogen (secondary N) is 2. The van der Waals surface area contributed by atoms with E-state index < -0.39 is 0 Å². The van der Waals surface area contributed by atoms with Crippen LogP contribution >= 0.6 is 0 Å². The first-order valence-corrected chi connectivity index (χ1v) is 13.5. The maximum atomic E-state index is 12.8. The lowest BCUT2D eigenvalue weighted by Crippen LogP contribution is -2.46. The highest BCUT2D eigenvalue weighted by Crippen LogP contribution is 2.39. The zero-order valence-electron chi connectivity index (χ0n) is 22.1. The minimum atomic E-state index is 0.0604. The number of nitrogens with zero attached hydrogens (tertiary/aromatic N) is 5. The van der Waals surface area contributed by atoms with Crippen LogP contribution in [0.4, 0.5) is 17.6 Å². The monoisotopic (exact) mass is 523 g/mol.